The van der Waals surface area contributed by atoms with E-state index < -0.39 is 0 Å². The van der Waals surface area contributed by atoms with Crippen LogP contribution in [0.4, 0.5) is 0 Å². The number of benzene rings is 6. The van der Waals surface area contributed by atoms with Crippen LogP contribution in [0.5, 0.6) is 0 Å². The first-order valence-electron chi connectivity index (χ1n) is 15.9. The number of nitrogens with zero attached hydrogens (tertiary/aromatic N) is 4. The summed E-state index contributed by atoms with van der Waals surface area (Å²) in [6.45, 7) is 6.38. The third-order valence-corrected chi connectivity index (χ3v) is 9.21. The maximum Gasteiger partial charge on any atom is 0.235 e. The zero-order valence-corrected chi connectivity index (χ0v) is 25.9. The molecule has 0 fully saturated rings. The van der Waals surface area contributed by atoms with E-state index in [9.17, 15) is 0 Å². The molecule has 0 saturated heterocycles. The zero-order valence-electron chi connectivity index (χ0n) is 25.9. The zero-order chi connectivity index (χ0) is 31.5. The second kappa shape index (κ2) is 10.7. The molecule has 0 spiro atoms. The van der Waals surface area contributed by atoms with Crippen molar-refractivity contribution in [1.29, 1.82) is 0 Å². The highest BCUT2D eigenvalue weighted by Crippen LogP contribution is 2.42. The molecule has 47 heavy (non-hydrogen) atoms. The Bertz CT molecular complexity index is 2700. The van der Waals surface area contributed by atoms with E-state index in [1.54, 1.807) is 0 Å². The highest BCUT2D eigenvalue weighted by Gasteiger charge is 2.25. The van der Waals surface area contributed by atoms with Gasteiger partial charge in [0.1, 0.15) is 0 Å². The number of allylic oxidation sites excluding steroid dienone is 1. The Morgan fingerprint density at radius 1 is 0.574 bits per heavy atom. The van der Waals surface area contributed by atoms with Gasteiger partial charge in [-0.2, -0.15) is 0 Å². The Labute approximate surface area is 272 Å². The van der Waals surface area contributed by atoms with Crippen LogP contribution in [0, 0.1) is 0 Å². The van der Waals surface area contributed by atoms with E-state index >= 15 is 0 Å². The summed E-state index contributed by atoms with van der Waals surface area (Å²) in [5.74, 6) is 0.612. The van der Waals surface area contributed by atoms with Gasteiger partial charge in [0.25, 0.3) is 0 Å². The molecule has 0 radical (unpaired) electrons. The van der Waals surface area contributed by atoms with E-state index in [0.717, 1.165) is 61.0 Å². The molecule has 0 amide bonds. The predicted octanol–water partition coefficient (Wildman–Crippen LogP) is 11.2. The number of aromatic nitrogens is 4. The van der Waals surface area contributed by atoms with Crippen molar-refractivity contribution in [2.45, 2.75) is 6.92 Å². The van der Waals surface area contributed by atoms with E-state index in [1.165, 1.54) is 21.5 Å². The van der Waals surface area contributed by atoms with Crippen molar-refractivity contribution in [2.24, 2.45) is 0 Å². The van der Waals surface area contributed by atoms with Gasteiger partial charge in [-0.1, -0.05) is 134 Å². The molecule has 9 rings (SSSR count). The van der Waals surface area contributed by atoms with E-state index in [4.69, 9.17) is 9.97 Å². The van der Waals surface area contributed by atoms with Crippen molar-refractivity contribution in [3.05, 3.63) is 157 Å². The van der Waals surface area contributed by atoms with Gasteiger partial charge < -0.3 is 4.57 Å². The van der Waals surface area contributed by atoms with E-state index in [-0.39, 0.29) is 0 Å². The minimum Gasteiger partial charge on any atom is -0.307 e. The Hall–Kier alpha value is -6.26. The minimum atomic E-state index is 0.612. The van der Waals surface area contributed by atoms with Crippen LogP contribution in [-0.4, -0.2) is 19.1 Å². The van der Waals surface area contributed by atoms with Gasteiger partial charge in [0.05, 0.1) is 39.1 Å². The Kier molecular flexibility index (Phi) is 6.15. The molecule has 4 nitrogen and oxygen atoms in total. The molecule has 222 valence electrons. The lowest BCUT2D eigenvalue weighted by molar-refractivity contribution is 0.973. The number of fused-ring (bicyclic) bond motifs is 7. The summed E-state index contributed by atoms with van der Waals surface area (Å²) >= 11 is 0. The van der Waals surface area contributed by atoms with Gasteiger partial charge >= 0.3 is 0 Å². The molecule has 0 atom stereocenters. The number of hydrogen-bond acceptors (Lipinski definition) is 2. The summed E-state index contributed by atoms with van der Waals surface area (Å²) in [7, 11) is 0. The third kappa shape index (κ3) is 4.01. The maximum absolute atomic E-state index is 5.36. The van der Waals surface area contributed by atoms with Crippen LogP contribution in [0.15, 0.2) is 146 Å². The van der Waals surface area contributed by atoms with Crippen LogP contribution in [0.3, 0.4) is 0 Å². The lowest BCUT2D eigenvalue weighted by Gasteiger charge is -2.15. The quantitative estimate of drug-likeness (QED) is 0.196. The summed E-state index contributed by atoms with van der Waals surface area (Å²) in [5.41, 5.74) is 9.32. The average Bonchev–Trinajstić information content (AvgIpc) is 3.64. The summed E-state index contributed by atoms with van der Waals surface area (Å²) in [6.07, 6.45) is 6.20. The second-order valence-electron chi connectivity index (χ2n) is 11.8. The van der Waals surface area contributed by atoms with Crippen LogP contribution in [-0.2, 0) is 0 Å². The number of para-hydroxylation sites is 2. The number of rotatable bonds is 5. The first-order chi connectivity index (χ1) is 23.3. The fraction of sp³-hybridized carbons (Fsp3) is 0.0233. The van der Waals surface area contributed by atoms with Gasteiger partial charge in [-0.25, -0.2) is 9.97 Å². The second-order valence-corrected chi connectivity index (χ2v) is 11.8. The molecule has 4 heteroatoms. The molecule has 0 aliphatic rings. The Morgan fingerprint density at radius 3 is 2.09 bits per heavy atom. The van der Waals surface area contributed by atoms with Crippen LogP contribution >= 0.6 is 0 Å². The van der Waals surface area contributed by atoms with Crippen LogP contribution < -0.4 is 0 Å². The van der Waals surface area contributed by atoms with Gasteiger partial charge in [-0.15, -0.1) is 0 Å². The highest BCUT2D eigenvalue weighted by molar-refractivity contribution is 6.20. The molecule has 0 aliphatic heterocycles. The molecule has 3 heterocycles. The normalized spacial score (nSPS) is 11.9. The molecule has 6 aromatic carbocycles. The van der Waals surface area contributed by atoms with Crippen LogP contribution in [0.2, 0.25) is 0 Å². The molecule has 0 aliphatic carbocycles. The third-order valence-electron chi connectivity index (χ3n) is 9.21. The topological polar surface area (TPSA) is 35.6 Å². The fourth-order valence-electron chi connectivity index (χ4n) is 7.25. The molecular formula is C43H30N4. The van der Waals surface area contributed by atoms with Crippen molar-refractivity contribution in [3.63, 3.8) is 0 Å². The molecule has 0 bridgehead atoms. The Balaban J connectivity index is 1.51. The van der Waals surface area contributed by atoms with Gasteiger partial charge in [-0.05, 0) is 36.6 Å². The van der Waals surface area contributed by atoms with Crippen LogP contribution in [0.25, 0.3) is 89.4 Å². The molecule has 0 saturated carbocycles. The molecule has 0 N–H and O–H groups in total. The average molecular weight is 603 g/mol. The SMILES string of the molecule is C=Cc1c(/C=C\C)c2ccc3c4ccccc4n(-c4cccc5ccccc45)c3c2n1-c1nc(-c2ccccc2)c2ccccc2n1. The predicted molar refractivity (Wildman–Crippen MR) is 198 cm³/mol. The lowest BCUT2D eigenvalue weighted by atomic mass is 10.1. The monoisotopic (exact) mass is 602 g/mol. The summed E-state index contributed by atoms with van der Waals surface area (Å²) in [5, 5.41) is 6.90. The lowest BCUT2D eigenvalue weighted by Crippen LogP contribution is -2.06. The van der Waals surface area contributed by atoms with Crippen molar-refractivity contribution < 1.29 is 0 Å². The van der Waals surface area contributed by atoms with E-state index in [1.807, 2.05) is 24.3 Å². The van der Waals surface area contributed by atoms with Gasteiger partial charge in [0.15, 0.2) is 0 Å². The Morgan fingerprint density at radius 2 is 1.26 bits per heavy atom. The summed E-state index contributed by atoms with van der Waals surface area (Å²) < 4.78 is 4.65. The first kappa shape index (κ1) is 27.1. The molecule has 3 aromatic heterocycles. The van der Waals surface area contributed by atoms with Crippen molar-refractivity contribution in [1.82, 2.24) is 19.1 Å². The fourth-order valence-corrected chi connectivity index (χ4v) is 7.25. The molecule has 0 unspecified atom stereocenters. The van der Waals surface area contributed by atoms with Crippen molar-refractivity contribution in [2.75, 3.05) is 0 Å². The van der Waals surface area contributed by atoms with Crippen molar-refractivity contribution in [3.8, 4) is 22.9 Å². The standard InChI is InChI=1S/C43H30N4/c1-3-15-31-33-26-27-34-32-21-11-13-24-39(32)46(38-25-14-19-28-16-8-9-20-30(28)38)41(34)42(33)47(37(31)4-2)43-44-36-23-12-10-22-35(36)40(45-43)29-17-6-5-7-18-29/h3-27H,2H2,1H3/b15-3-. The van der Waals surface area contributed by atoms with Crippen molar-refractivity contribution >= 4 is 66.5 Å². The summed E-state index contributed by atoms with van der Waals surface area (Å²) in [4.78, 5) is 10.6. The first-order valence-corrected chi connectivity index (χ1v) is 15.9. The van der Waals surface area contributed by atoms with Gasteiger partial charge in [0.2, 0.25) is 5.95 Å². The largest absolute Gasteiger partial charge is 0.307 e. The van der Waals surface area contributed by atoms with E-state index in [0.29, 0.717) is 5.95 Å². The van der Waals surface area contributed by atoms with E-state index in [2.05, 4.69) is 150 Å². The van der Waals surface area contributed by atoms with Gasteiger partial charge in [0, 0.05) is 38.1 Å². The van der Waals surface area contributed by atoms with Gasteiger partial charge in [-0.3, -0.25) is 4.57 Å². The molecule has 9 aromatic rings. The number of hydrogen-bond donors (Lipinski definition) is 0. The molecular weight excluding hydrogens is 573 g/mol. The minimum absolute atomic E-state index is 0.612. The smallest absolute Gasteiger partial charge is 0.235 e. The summed E-state index contributed by atoms with van der Waals surface area (Å²) in [6, 6.07) is 47.0. The van der Waals surface area contributed by atoms with Crippen LogP contribution in [0.1, 0.15) is 18.2 Å². The maximum atomic E-state index is 5.36. The highest BCUT2D eigenvalue weighted by atomic mass is 15.2.